The van der Waals surface area contributed by atoms with E-state index in [1.165, 1.54) is 12.1 Å². The van der Waals surface area contributed by atoms with Gasteiger partial charge in [-0.15, -0.1) is 0 Å². The molecule has 0 aromatic heterocycles. The maximum absolute atomic E-state index is 14.2. The van der Waals surface area contributed by atoms with Crippen molar-refractivity contribution >= 4 is 49.7 Å². The number of halogens is 4. The standard InChI is InChI=1S/C14H12F3IN2O3S/c1-23-11-6-9(16)12(17)14(13(11)20-24(2,21)22)19-10-4-3-7(18)5-8(10)15/h3-6,19-20H,1-2H3. The largest absolute Gasteiger partial charge is 0.494 e. The van der Waals surface area contributed by atoms with Crippen LogP contribution in [0.3, 0.4) is 0 Å². The summed E-state index contributed by atoms with van der Waals surface area (Å²) in [5.41, 5.74) is -1.10. The summed E-state index contributed by atoms with van der Waals surface area (Å²) in [7, 11) is -2.66. The van der Waals surface area contributed by atoms with Gasteiger partial charge in [0.25, 0.3) is 0 Å². The average Bonchev–Trinajstić information content (AvgIpc) is 2.47. The van der Waals surface area contributed by atoms with E-state index in [-0.39, 0.29) is 17.1 Å². The van der Waals surface area contributed by atoms with E-state index in [4.69, 9.17) is 4.74 Å². The minimum absolute atomic E-state index is 0.154. The van der Waals surface area contributed by atoms with Gasteiger partial charge in [0.05, 0.1) is 19.1 Å². The molecule has 5 nitrogen and oxygen atoms in total. The first-order valence-corrected chi connectivity index (χ1v) is 9.35. The van der Waals surface area contributed by atoms with Crippen LogP contribution in [0.5, 0.6) is 5.75 Å². The van der Waals surface area contributed by atoms with Crippen LogP contribution in [-0.2, 0) is 10.0 Å². The topological polar surface area (TPSA) is 67.4 Å². The van der Waals surface area contributed by atoms with Crippen LogP contribution < -0.4 is 14.8 Å². The molecular weight excluding hydrogens is 460 g/mol. The molecule has 0 aliphatic rings. The molecule has 130 valence electrons. The Morgan fingerprint density at radius 2 is 1.75 bits per heavy atom. The molecule has 0 radical (unpaired) electrons. The van der Waals surface area contributed by atoms with Crippen molar-refractivity contribution in [2.45, 2.75) is 0 Å². The lowest BCUT2D eigenvalue weighted by molar-refractivity contribution is 0.409. The summed E-state index contributed by atoms with van der Waals surface area (Å²) >= 11 is 1.89. The number of methoxy groups -OCH3 is 1. The smallest absolute Gasteiger partial charge is 0.230 e. The van der Waals surface area contributed by atoms with E-state index < -0.39 is 33.2 Å². The van der Waals surface area contributed by atoms with E-state index in [2.05, 4.69) is 5.32 Å². The van der Waals surface area contributed by atoms with Gasteiger partial charge in [0.15, 0.2) is 11.6 Å². The van der Waals surface area contributed by atoms with Gasteiger partial charge in [-0.3, -0.25) is 4.72 Å². The molecule has 2 aromatic carbocycles. The summed E-state index contributed by atoms with van der Waals surface area (Å²) in [6.07, 6.45) is 0.836. The lowest BCUT2D eigenvalue weighted by atomic mass is 10.2. The molecule has 2 N–H and O–H groups in total. The van der Waals surface area contributed by atoms with Gasteiger partial charge >= 0.3 is 0 Å². The second-order valence-corrected chi connectivity index (χ2v) is 7.74. The SMILES string of the molecule is COc1cc(F)c(F)c(Nc2ccc(I)cc2F)c1NS(C)(=O)=O. The molecule has 0 saturated carbocycles. The lowest BCUT2D eigenvalue weighted by Gasteiger charge is -2.18. The highest BCUT2D eigenvalue weighted by Gasteiger charge is 2.22. The third-order valence-electron chi connectivity index (χ3n) is 2.88. The third-order valence-corrected chi connectivity index (χ3v) is 4.13. The molecule has 2 rings (SSSR count). The fraction of sp³-hybridized carbons (Fsp3) is 0.143. The van der Waals surface area contributed by atoms with E-state index in [1.807, 2.05) is 27.3 Å². The summed E-state index contributed by atoms with van der Waals surface area (Å²) in [5, 5.41) is 2.37. The number of rotatable bonds is 5. The summed E-state index contributed by atoms with van der Waals surface area (Å²) in [5.74, 6) is -3.62. The first-order chi connectivity index (χ1) is 11.1. The van der Waals surface area contributed by atoms with E-state index in [9.17, 15) is 21.6 Å². The van der Waals surface area contributed by atoms with Gasteiger partial charge in [-0.05, 0) is 40.8 Å². The molecule has 0 atom stereocenters. The number of benzene rings is 2. The number of ether oxygens (including phenoxy) is 1. The molecule has 0 bridgehead atoms. The minimum atomic E-state index is -3.83. The van der Waals surface area contributed by atoms with Crippen LogP contribution in [0.15, 0.2) is 24.3 Å². The molecular formula is C14H12F3IN2O3S. The van der Waals surface area contributed by atoms with E-state index >= 15 is 0 Å². The van der Waals surface area contributed by atoms with Gasteiger partial charge in [0, 0.05) is 9.64 Å². The highest BCUT2D eigenvalue weighted by Crippen LogP contribution is 2.39. The van der Waals surface area contributed by atoms with Crippen LogP contribution in [0.25, 0.3) is 0 Å². The minimum Gasteiger partial charge on any atom is -0.494 e. The number of hydrogen-bond donors (Lipinski definition) is 2. The molecule has 0 aliphatic heterocycles. The predicted octanol–water partition coefficient (Wildman–Crippen LogP) is 3.83. The van der Waals surface area contributed by atoms with Crippen LogP contribution in [0.4, 0.5) is 30.2 Å². The number of anilines is 3. The highest BCUT2D eigenvalue weighted by atomic mass is 127. The van der Waals surface area contributed by atoms with Crippen molar-refractivity contribution in [1.29, 1.82) is 0 Å². The zero-order chi connectivity index (χ0) is 18.1. The van der Waals surface area contributed by atoms with Gasteiger partial charge < -0.3 is 10.1 Å². The Hall–Kier alpha value is -1.69. The molecule has 0 aliphatic carbocycles. The Kier molecular flexibility index (Phi) is 5.48. The maximum atomic E-state index is 14.2. The summed E-state index contributed by atoms with van der Waals surface area (Å²) < 4.78 is 72.4. The van der Waals surface area contributed by atoms with E-state index in [1.54, 1.807) is 6.07 Å². The maximum Gasteiger partial charge on any atom is 0.230 e. The van der Waals surface area contributed by atoms with Crippen LogP contribution in [0.1, 0.15) is 0 Å². The Bertz CT molecular complexity index is 891. The molecule has 0 heterocycles. The van der Waals surface area contributed by atoms with Gasteiger partial charge in [-0.1, -0.05) is 0 Å². The second-order valence-electron chi connectivity index (χ2n) is 4.75. The van der Waals surface area contributed by atoms with Crippen LogP contribution in [0, 0.1) is 21.0 Å². The van der Waals surface area contributed by atoms with Crippen LogP contribution in [-0.4, -0.2) is 21.8 Å². The van der Waals surface area contributed by atoms with E-state index in [0.717, 1.165) is 13.4 Å². The molecule has 0 spiro atoms. The normalized spacial score (nSPS) is 11.2. The van der Waals surface area contributed by atoms with Crippen LogP contribution >= 0.6 is 22.6 Å². The molecule has 10 heteroatoms. The third kappa shape index (κ3) is 4.23. The Labute approximate surface area is 150 Å². The zero-order valence-corrected chi connectivity index (χ0v) is 15.4. The monoisotopic (exact) mass is 472 g/mol. The van der Waals surface area contributed by atoms with Crippen molar-refractivity contribution in [3.63, 3.8) is 0 Å². The van der Waals surface area contributed by atoms with Gasteiger partial charge in [0.1, 0.15) is 22.9 Å². The number of sulfonamides is 1. The molecule has 0 unspecified atom stereocenters. The Balaban J connectivity index is 2.63. The Morgan fingerprint density at radius 1 is 1.08 bits per heavy atom. The highest BCUT2D eigenvalue weighted by molar-refractivity contribution is 14.1. The molecule has 24 heavy (non-hydrogen) atoms. The second kappa shape index (κ2) is 7.05. The molecule has 2 aromatic rings. The fourth-order valence-corrected chi connectivity index (χ4v) is 2.92. The van der Waals surface area contributed by atoms with Crippen molar-refractivity contribution in [2.24, 2.45) is 0 Å². The number of hydrogen-bond acceptors (Lipinski definition) is 4. The van der Waals surface area contributed by atoms with Crippen molar-refractivity contribution in [1.82, 2.24) is 0 Å². The van der Waals surface area contributed by atoms with Crippen molar-refractivity contribution in [3.05, 3.63) is 45.3 Å². The molecule has 0 fully saturated rings. The first-order valence-electron chi connectivity index (χ1n) is 6.38. The number of nitrogens with one attached hydrogen (secondary N) is 2. The van der Waals surface area contributed by atoms with Gasteiger partial charge in [-0.25, -0.2) is 21.6 Å². The van der Waals surface area contributed by atoms with Crippen LogP contribution in [0.2, 0.25) is 0 Å². The summed E-state index contributed by atoms with van der Waals surface area (Å²) in [6.45, 7) is 0. The summed E-state index contributed by atoms with van der Waals surface area (Å²) in [6, 6.07) is 4.74. The zero-order valence-electron chi connectivity index (χ0n) is 12.5. The fourth-order valence-electron chi connectivity index (χ4n) is 1.89. The van der Waals surface area contributed by atoms with Crippen molar-refractivity contribution in [2.75, 3.05) is 23.4 Å². The molecule has 0 saturated heterocycles. The average molecular weight is 472 g/mol. The van der Waals surface area contributed by atoms with Crippen molar-refractivity contribution < 1.29 is 26.3 Å². The lowest BCUT2D eigenvalue weighted by Crippen LogP contribution is -2.14. The first kappa shape index (κ1) is 18.6. The van der Waals surface area contributed by atoms with Gasteiger partial charge in [0.2, 0.25) is 10.0 Å². The van der Waals surface area contributed by atoms with Crippen molar-refractivity contribution in [3.8, 4) is 5.75 Å². The predicted molar refractivity (Wildman–Crippen MR) is 93.8 cm³/mol. The van der Waals surface area contributed by atoms with Gasteiger partial charge in [-0.2, -0.15) is 0 Å². The molecule has 0 amide bonds. The Morgan fingerprint density at radius 3 is 2.29 bits per heavy atom. The van der Waals surface area contributed by atoms with E-state index in [0.29, 0.717) is 9.64 Å². The quantitative estimate of drug-likeness (QED) is 0.650. The summed E-state index contributed by atoms with van der Waals surface area (Å²) in [4.78, 5) is 0.